The molecule has 4 aliphatic rings. The third-order valence-corrected chi connectivity index (χ3v) is 26.1. The number of ether oxygens (including phenoxy) is 5. The molecule has 0 amide bonds. The van der Waals surface area contributed by atoms with Gasteiger partial charge in [-0.2, -0.15) is 0 Å². The molecule has 0 radical (unpaired) electrons. The second-order valence-corrected chi connectivity index (χ2v) is 29.7. The van der Waals surface area contributed by atoms with Gasteiger partial charge in [0.15, 0.2) is 40.2 Å². The van der Waals surface area contributed by atoms with Crippen molar-refractivity contribution in [2.45, 2.75) is 186 Å². The van der Waals surface area contributed by atoms with E-state index in [0.717, 1.165) is 18.1 Å². The molecule has 374 valence electrons. The van der Waals surface area contributed by atoms with E-state index in [0.29, 0.717) is 29.3 Å². The highest BCUT2D eigenvalue weighted by Crippen LogP contribution is 2.65. The number of aliphatic hydroxyl groups is 1. The summed E-state index contributed by atoms with van der Waals surface area (Å²) in [5.74, 6) is -5.01. The topological polar surface area (TPSA) is 196 Å². The molecular weight excluding hydrogens is 903 g/mol. The van der Waals surface area contributed by atoms with Crippen LogP contribution in [0, 0.1) is 16.7 Å². The minimum absolute atomic E-state index is 0.119. The zero-order chi connectivity index (χ0) is 50.2. The summed E-state index contributed by atoms with van der Waals surface area (Å²) in [6.07, 6.45) is -7.92. The lowest BCUT2D eigenvalue weighted by Crippen LogP contribution is -2.82. The molecule has 68 heavy (non-hydrogen) atoms. The van der Waals surface area contributed by atoms with Gasteiger partial charge < -0.3 is 43.4 Å². The fraction of sp³-hybridized carbons (Fsp3) is 0.635. The van der Waals surface area contributed by atoms with Gasteiger partial charge in [0, 0.05) is 32.1 Å². The first-order valence-electron chi connectivity index (χ1n) is 24.6. The van der Waals surface area contributed by atoms with Crippen LogP contribution in [-0.4, -0.2) is 106 Å². The van der Waals surface area contributed by atoms with E-state index in [1.807, 2.05) is 51.1 Å². The van der Waals surface area contributed by atoms with Gasteiger partial charge in [0.05, 0.1) is 35.6 Å². The third-order valence-electron chi connectivity index (χ3n) is 16.8. The highest BCUT2D eigenvalue weighted by Gasteiger charge is 2.79. The summed E-state index contributed by atoms with van der Waals surface area (Å²) >= 11 is 0. The first kappa shape index (κ1) is 53.3. The van der Waals surface area contributed by atoms with Gasteiger partial charge in [-0.3, -0.25) is 14.4 Å². The standard InChI is InChI=1S/C52H75NO13Si2/c1-13-67(14-2,15-3)65-38-29-39-51(31-60-39,64-34(9)55)44-46(63-47(57)36-27-23-20-24-28-36)52(59)30-37(32(7)40(49(52,10)11)42(61-33(8)54)45(56)50(38,44)12)62-48(58)43(66-68(16-4,17-5)18-6)41(53)35-25-21-19-22-26-35/h19-28,37-39,41-44,46,59H,13-18,29-31,53H2,1-12H3/t37-,38-,39+,41-,42+,43+,44-,46-,50+,51-,52+/m0/s1. The van der Waals surface area contributed by atoms with Crippen molar-refractivity contribution in [2.24, 2.45) is 22.5 Å². The Morgan fingerprint density at radius 1 is 0.809 bits per heavy atom. The number of benzene rings is 2. The van der Waals surface area contributed by atoms with E-state index >= 15 is 9.59 Å². The predicted octanol–water partition coefficient (Wildman–Crippen LogP) is 8.32. The normalized spacial score (nSPS) is 30.8. The van der Waals surface area contributed by atoms with E-state index < -0.39 is 117 Å². The monoisotopic (exact) mass is 977 g/mol. The summed E-state index contributed by atoms with van der Waals surface area (Å²) < 4.78 is 46.5. The smallest absolute Gasteiger partial charge is 0.338 e. The number of hydrogen-bond acceptors (Lipinski definition) is 14. The molecule has 11 atom stereocenters. The van der Waals surface area contributed by atoms with E-state index in [1.54, 1.807) is 58.0 Å². The Kier molecular flexibility index (Phi) is 16.0. The minimum Gasteiger partial charge on any atom is -0.456 e. The van der Waals surface area contributed by atoms with E-state index in [1.165, 1.54) is 13.8 Å². The molecule has 3 fully saturated rings. The number of ketones is 1. The van der Waals surface area contributed by atoms with Crippen molar-refractivity contribution in [3.05, 3.63) is 82.9 Å². The van der Waals surface area contributed by atoms with Crippen molar-refractivity contribution < 1.29 is 61.6 Å². The van der Waals surface area contributed by atoms with Crippen LogP contribution < -0.4 is 5.73 Å². The van der Waals surface area contributed by atoms with Gasteiger partial charge >= 0.3 is 23.9 Å². The van der Waals surface area contributed by atoms with Crippen LogP contribution in [0.25, 0.3) is 0 Å². The molecule has 3 N–H and O–H groups in total. The van der Waals surface area contributed by atoms with E-state index in [-0.39, 0.29) is 30.6 Å². The molecule has 0 spiro atoms. The number of nitrogens with two attached hydrogens (primary N) is 1. The van der Waals surface area contributed by atoms with Crippen LogP contribution in [0.5, 0.6) is 0 Å². The number of rotatable bonds is 18. The quantitative estimate of drug-likeness (QED) is 0.0626. The second-order valence-electron chi connectivity index (χ2n) is 20.2. The van der Waals surface area contributed by atoms with Crippen molar-refractivity contribution >= 4 is 46.3 Å². The first-order valence-corrected chi connectivity index (χ1v) is 29.7. The molecule has 2 saturated carbocycles. The predicted molar refractivity (Wildman–Crippen MR) is 260 cm³/mol. The molecule has 2 aromatic rings. The van der Waals surface area contributed by atoms with Crippen molar-refractivity contribution in [1.82, 2.24) is 0 Å². The van der Waals surface area contributed by atoms with Crippen LogP contribution in [0.15, 0.2) is 71.8 Å². The van der Waals surface area contributed by atoms with Crippen LogP contribution >= 0.6 is 0 Å². The molecule has 16 heteroatoms. The molecule has 2 bridgehead atoms. The summed E-state index contributed by atoms with van der Waals surface area (Å²) in [4.78, 5) is 73.1. The zero-order valence-corrected chi connectivity index (χ0v) is 44.2. The average Bonchev–Trinajstić information content (AvgIpc) is 3.32. The van der Waals surface area contributed by atoms with Gasteiger partial charge in [0.25, 0.3) is 0 Å². The highest BCUT2D eigenvalue weighted by atomic mass is 28.4. The Labute approximate surface area is 404 Å². The van der Waals surface area contributed by atoms with E-state index in [9.17, 15) is 19.5 Å². The second kappa shape index (κ2) is 20.4. The summed E-state index contributed by atoms with van der Waals surface area (Å²) in [5.41, 5.74) is 1.10. The summed E-state index contributed by atoms with van der Waals surface area (Å²) in [6, 6.07) is 20.8. The Morgan fingerprint density at radius 3 is 1.87 bits per heavy atom. The van der Waals surface area contributed by atoms with Crippen molar-refractivity contribution in [1.29, 1.82) is 0 Å². The Bertz CT molecular complexity index is 2200. The maximum absolute atomic E-state index is 16.4. The number of hydrogen-bond donors (Lipinski definition) is 2. The van der Waals surface area contributed by atoms with Crippen molar-refractivity contribution in [2.75, 3.05) is 6.61 Å². The van der Waals surface area contributed by atoms with Crippen LogP contribution in [-0.2, 0) is 51.7 Å². The van der Waals surface area contributed by atoms with Crippen molar-refractivity contribution in [3.8, 4) is 0 Å². The van der Waals surface area contributed by atoms with Crippen LogP contribution in [0.3, 0.4) is 0 Å². The molecule has 14 nitrogen and oxygen atoms in total. The van der Waals surface area contributed by atoms with Crippen LogP contribution in [0.4, 0.5) is 0 Å². The molecule has 0 aromatic heterocycles. The number of carbonyl (C=O) groups is 5. The lowest BCUT2D eigenvalue weighted by molar-refractivity contribution is -0.344. The minimum atomic E-state index is -2.60. The lowest BCUT2D eigenvalue weighted by Gasteiger charge is -2.68. The van der Waals surface area contributed by atoms with Gasteiger partial charge in [-0.1, -0.05) is 104 Å². The lowest BCUT2D eigenvalue weighted by atomic mass is 9.44. The maximum atomic E-state index is 16.4. The number of esters is 4. The molecule has 1 aliphatic heterocycles. The van der Waals surface area contributed by atoms with E-state index in [2.05, 4.69) is 20.8 Å². The summed E-state index contributed by atoms with van der Waals surface area (Å²) in [5, 5.41) is 14.2. The van der Waals surface area contributed by atoms with Gasteiger partial charge in [-0.25, -0.2) is 9.59 Å². The average molecular weight is 978 g/mol. The van der Waals surface area contributed by atoms with Gasteiger partial charge in [0.2, 0.25) is 0 Å². The molecule has 1 heterocycles. The SMILES string of the molecule is CC[Si](CC)(CC)O[C@H]1C[C@H]2OC[C@@]2(OC(C)=O)[C@H]2[C@H](OC(=O)c3ccccc3)[C@]3(O)C[C@H](OC(=O)[C@H](O[Si](CC)(CC)CC)[C@@H](N)c4ccccc4)C(C)=C([C@@H](OC(C)=O)C(=O)[C@]12C)C3(C)C. The van der Waals surface area contributed by atoms with Gasteiger partial charge in [-0.05, 0) is 79.0 Å². The zero-order valence-electron chi connectivity index (χ0n) is 42.2. The molecule has 2 aromatic carbocycles. The molecule has 3 aliphatic carbocycles. The maximum Gasteiger partial charge on any atom is 0.338 e. The van der Waals surface area contributed by atoms with Crippen LogP contribution in [0.1, 0.15) is 118 Å². The molecule has 0 unspecified atom stereocenters. The largest absolute Gasteiger partial charge is 0.456 e. The fourth-order valence-electron chi connectivity index (χ4n) is 12.1. The fourth-order valence-corrected chi connectivity index (χ4v) is 17.8. The first-order chi connectivity index (χ1) is 32.0. The Morgan fingerprint density at radius 2 is 1.37 bits per heavy atom. The molecule has 1 saturated heterocycles. The summed E-state index contributed by atoms with van der Waals surface area (Å²) in [6.45, 7) is 21.4. The third kappa shape index (κ3) is 9.11. The number of fused-ring (bicyclic) bond motifs is 5. The Hall–Kier alpha value is -4.04. The van der Waals surface area contributed by atoms with Gasteiger partial charge in [0.1, 0.15) is 23.9 Å². The number of Topliss-reactive ketones (excluding diaryl/α,β-unsaturated/α-hetero) is 1. The molecule has 6 rings (SSSR count). The highest BCUT2D eigenvalue weighted by molar-refractivity contribution is 6.74. The number of carbonyl (C=O) groups excluding carboxylic acids is 5. The van der Waals surface area contributed by atoms with Crippen LogP contribution in [0.2, 0.25) is 36.3 Å². The van der Waals surface area contributed by atoms with Gasteiger partial charge in [-0.15, -0.1) is 0 Å². The molecular formula is C52H75NO13Si2. The Balaban J connectivity index is 1.65. The van der Waals surface area contributed by atoms with Crippen molar-refractivity contribution in [3.63, 3.8) is 0 Å². The summed E-state index contributed by atoms with van der Waals surface area (Å²) in [7, 11) is -5.15. The van der Waals surface area contributed by atoms with E-state index in [4.69, 9.17) is 38.3 Å².